The number of aryl methyl sites for hydroxylation is 2. The van der Waals surface area contributed by atoms with E-state index >= 15 is 0 Å². The number of benzene rings is 2. The molecular formula is C17H16ClNO2. The van der Waals surface area contributed by atoms with Gasteiger partial charge in [-0.25, -0.2) is 4.79 Å². The molecule has 108 valence electrons. The highest BCUT2D eigenvalue weighted by Gasteiger charge is 2.11. The molecule has 0 fully saturated rings. The fourth-order valence-corrected chi connectivity index (χ4v) is 2.68. The summed E-state index contributed by atoms with van der Waals surface area (Å²) >= 11 is 5.80. The Morgan fingerprint density at radius 2 is 1.71 bits per heavy atom. The molecule has 0 radical (unpaired) electrons. The van der Waals surface area contributed by atoms with E-state index in [0.29, 0.717) is 16.5 Å². The smallest absolute Gasteiger partial charge is 0.410 e. The van der Waals surface area contributed by atoms with Crippen molar-refractivity contribution in [1.29, 1.82) is 0 Å². The molecule has 0 saturated carbocycles. The number of halogens is 1. The Morgan fingerprint density at radius 3 is 2.48 bits per heavy atom. The molecule has 1 amide bonds. The first kappa shape index (κ1) is 14.0. The van der Waals surface area contributed by atoms with Gasteiger partial charge in [-0.3, -0.25) is 5.32 Å². The molecule has 0 atom stereocenters. The van der Waals surface area contributed by atoms with Crippen LogP contribution in [0.1, 0.15) is 24.0 Å². The number of nitrogens with one attached hydrogen (secondary N) is 1. The number of rotatable bonds is 2. The minimum atomic E-state index is -0.493. The van der Waals surface area contributed by atoms with Gasteiger partial charge in [-0.1, -0.05) is 17.7 Å². The maximum atomic E-state index is 11.9. The maximum absolute atomic E-state index is 11.9. The van der Waals surface area contributed by atoms with E-state index in [1.807, 2.05) is 12.1 Å². The molecule has 0 heterocycles. The number of ether oxygens (including phenoxy) is 1. The monoisotopic (exact) mass is 301 g/mol. The molecule has 0 bridgehead atoms. The largest absolute Gasteiger partial charge is 0.417 e. The zero-order chi connectivity index (χ0) is 14.7. The maximum Gasteiger partial charge on any atom is 0.417 e. The van der Waals surface area contributed by atoms with Crippen LogP contribution in [0.15, 0.2) is 42.5 Å². The van der Waals surface area contributed by atoms with Crippen molar-refractivity contribution in [3.63, 3.8) is 0 Å². The fourth-order valence-electron chi connectivity index (χ4n) is 2.56. The van der Waals surface area contributed by atoms with Gasteiger partial charge in [0, 0.05) is 10.7 Å². The molecule has 0 aliphatic heterocycles. The Hall–Kier alpha value is -2.00. The van der Waals surface area contributed by atoms with Crippen LogP contribution in [0, 0.1) is 0 Å². The first-order chi connectivity index (χ1) is 10.2. The topological polar surface area (TPSA) is 38.3 Å². The second-order valence-corrected chi connectivity index (χ2v) is 5.60. The van der Waals surface area contributed by atoms with Crippen LogP contribution in [0.3, 0.4) is 0 Å². The van der Waals surface area contributed by atoms with Crippen molar-refractivity contribution in [2.75, 3.05) is 5.32 Å². The molecule has 3 nitrogen and oxygen atoms in total. The third-order valence-electron chi connectivity index (χ3n) is 3.62. The van der Waals surface area contributed by atoms with Crippen molar-refractivity contribution < 1.29 is 9.53 Å². The lowest BCUT2D eigenvalue weighted by atomic mass is 9.92. The number of fused-ring (bicyclic) bond motifs is 1. The summed E-state index contributed by atoms with van der Waals surface area (Å²) in [5.41, 5.74) is 3.31. The van der Waals surface area contributed by atoms with Crippen LogP contribution in [0.25, 0.3) is 0 Å². The molecule has 0 spiro atoms. The van der Waals surface area contributed by atoms with Gasteiger partial charge in [-0.15, -0.1) is 0 Å². The van der Waals surface area contributed by atoms with Gasteiger partial charge < -0.3 is 4.74 Å². The van der Waals surface area contributed by atoms with E-state index in [9.17, 15) is 4.79 Å². The Labute approximate surface area is 128 Å². The predicted octanol–water partition coefficient (Wildman–Crippen LogP) is 4.83. The molecule has 0 saturated heterocycles. The van der Waals surface area contributed by atoms with Gasteiger partial charge in [0.15, 0.2) is 0 Å². The molecule has 1 aliphatic carbocycles. The van der Waals surface area contributed by atoms with E-state index in [1.54, 1.807) is 24.3 Å². The Balaban J connectivity index is 1.65. The van der Waals surface area contributed by atoms with Crippen molar-refractivity contribution in [3.05, 3.63) is 58.6 Å². The van der Waals surface area contributed by atoms with Crippen molar-refractivity contribution in [1.82, 2.24) is 0 Å². The summed E-state index contributed by atoms with van der Waals surface area (Å²) in [6, 6.07) is 12.8. The van der Waals surface area contributed by atoms with Crippen LogP contribution in [0.5, 0.6) is 5.75 Å². The van der Waals surface area contributed by atoms with Gasteiger partial charge in [-0.05, 0) is 73.2 Å². The number of hydrogen-bond donors (Lipinski definition) is 1. The van der Waals surface area contributed by atoms with Crippen LogP contribution in [-0.2, 0) is 12.8 Å². The number of carbonyl (C=O) groups excluding carboxylic acids is 1. The summed E-state index contributed by atoms with van der Waals surface area (Å²) in [7, 11) is 0. The first-order valence-corrected chi connectivity index (χ1v) is 7.45. The van der Waals surface area contributed by atoms with E-state index in [4.69, 9.17) is 16.3 Å². The quantitative estimate of drug-likeness (QED) is 0.862. The highest BCUT2D eigenvalue weighted by atomic mass is 35.5. The number of amides is 1. The molecule has 2 aromatic rings. The number of carbonyl (C=O) groups is 1. The zero-order valence-electron chi connectivity index (χ0n) is 11.6. The van der Waals surface area contributed by atoms with Crippen LogP contribution in [-0.4, -0.2) is 6.09 Å². The standard InChI is InChI=1S/C17H16ClNO2/c18-14-6-8-15(9-7-14)19-17(20)21-16-10-5-12-3-1-2-4-13(12)11-16/h5-11H,1-4H2,(H,19,20). The van der Waals surface area contributed by atoms with Crippen molar-refractivity contribution in [3.8, 4) is 5.75 Å². The molecule has 4 heteroatoms. The Bertz CT molecular complexity index is 652. The van der Waals surface area contributed by atoms with Gasteiger partial charge in [0.05, 0.1) is 0 Å². The van der Waals surface area contributed by atoms with E-state index in [2.05, 4.69) is 11.4 Å². The number of anilines is 1. The molecule has 2 aromatic carbocycles. The van der Waals surface area contributed by atoms with Gasteiger partial charge >= 0.3 is 6.09 Å². The summed E-state index contributed by atoms with van der Waals surface area (Å²) in [5.74, 6) is 0.585. The summed E-state index contributed by atoms with van der Waals surface area (Å²) in [6.07, 6.45) is 4.13. The average Bonchev–Trinajstić information content (AvgIpc) is 2.49. The number of hydrogen-bond acceptors (Lipinski definition) is 2. The molecule has 21 heavy (non-hydrogen) atoms. The molecule has 0 aromatic heterocycles. The van der Waals surface area contributed by atoms with Gasteiger partial charge in [0.25, 0.3) is 0 Å². The Morgan fingerprint density at radius 1 is 1.00 bits per heavy atom. The normalized spacial score (nSPS) is 13.4. The van der Waals surface area contributed by atoms with Crippen LogP contribution in [0.4, 0.5) is 10.5 Å². The Kier molecular flexibility index (Phi) is 4.11. The zero-order valence-corrected chi connectivity index (χ0v) is 12.3. The second kappa shape index (κ2) is 6.19. The SMILES string of the molecule is O=C(Nc1ccc(Cl)cc1)Oc1ccc2c(c1)CCCC2. The lowest BCUT2D eigenvalue weighted by molar-refractivity contribution is 0.215. The van der Waals surface area contributed by atoms with Crippen LogP contribution in [0.2, 0.25) is 5.02 Å². The highest BCUT2D eigenvalue weighted by Crippen LogP contribution is 2.25. The van der Waals surface area contributed by atoms with Crippen molar-refractivity contribution >= 4 is 23.4 Å². The summed E-state index contributed by atoms with van der Waals surface area (Å²) in [5, 5.41) is 3.31. The van der Waals surface area contributed by atoms with E-state index in [1.165, 1.54) is 24.0 Å². The van der Waals surface area contributed by atoms with Crippen LogP contribution >= 0.6 is 11.6 Å². The average molecular weight is 302 g/mol. The van der Waals surface area contributed by atoms with Gasteiger partial charge in [0.2, 0.25) is 0 Å². The lowest BCUT2D eigenvalue weighted by Crippen LogP contribution is -2.17. The summed E-state index contributed by atoms with van der Waals surface area (Å²) in [4.78, 5) is 11.9. The molecule has 1 aliphatic rings. The van der Waals surface area contributed by atoms with E-state index in [0.717, 1.165) is 12.8 Å². The van der Waals surface area contributed by atoms with Gasteiger partial charge in [-0.2, -0.15) is 0 Å². The predicted molar refractivity (Wildman–Crippen MR) is 84.2 cm³/mol. The summed E-state index contributed by atoms with van der Waals surface area (Å²) in [6.45, 7) is 0. The van der Waals surface area contributed by atoms with E-state index in [-0.39, 0.29) is 0 Å². The van der Waals surface area contributed by atoms with Crippen LogP contribution < -0.4 is 10.1 Å². The van der Waals surface area contributed by atoms with Gasteiger partial charge in [0.1, 0.15) is 5.75 Å². The minimum Gasteiger partial charge on any atom is -0.410 e. The second-order valence-electron chi connectivity index (χ2n) is 5.16. The third kappa shape index (κ3) is 3.56. The molecule has 3 rings (SSSR count). The summed E-state index contributed by atoms with van der Waals surface area (Å²) < 4.78 is 5.33. The molecule has 1 N–H and O–H groups in total. The van der Waals surface area contributed by atoms with Crippen molar-refractivity contribution in [2.24, 2.45) is 0 Å². The lowest BCUT2D eigenvalue weighted by Gasteiger charge is -2.16. The molecular weight excluding hydrogens is 286 g/mol. The molecule has 0 unspecified atom stereocenters. The first-order valence-electron chi connectivity index (χ1n) is 7.07. The third-order valence-corrected chi connectivity index (χ3v) is 3.87. The van der Waals surface area contributed by atoms with E-state index < -0.39 is 6.09 Å². The highest BCUT2D eigenvalue weighted by molar-refractivity contribution is 6.30. The minimum absolute atomic E-state index is 0.493. The fraction of sp³-hybridized carbons (Fsp3) is 0.235. The van der Waals surface area contributed by atoms with Crippen molar-refractivity contribution in [2.45, 2.75) is 25.7 Å².